The van der Waals surface area contributed by atoms with Gasteiger partial charge in [-0.3, -0.25) is 9.48 Å². The highest BCUT2D eigenvalue weighted by Crippen LogP contribution is 2.20. The molecule has 0 aromatic carbocycles. The van der Waals surface area contributed by atoms with Crippen molar-refractivity contribution in [2.75, 3.05) is 31.1 Å². The van der Waals surface area contributed by atoms with Crippen molar-refractivity contribution < 1.29 is 4.79 Å². The molecule has 0 spiro atoms. The minimum atomic E-state index is -0.133. The number of piperazine rings is 1. The Morgan fingerprint density at radius 3 is 2.25 bits per heavy atom. The van der Waals surface area contributed by atoms with Gasteiger partial charge in [0.2, 0.25) is 5.95 Å². The Labute approximate surface area is 142 Å². The average Bonchev–Trinajstić information content (AvgIpc) is 2.97. The van der Waals surface area contributed by atoms with Crippen molar-refractivity contribution in [1.29, 1.82) is 0 Å². The number of carbonyl (C=O) groups is 1. The molecule has 0 atom stereocenters. The summed E-state index contributed by atoms with van der Waals surface area (Å²) in [5, 5.41) is 4.40. The minimum Gasteiger partial charge on any atom is -0.337 e. The molecule has 0 bridgehead atoms. The van der Waals surface area contributed by atoms with Crippen LogP contribution < -0.4 is 4.90 Å². The van der Waals surface area contributed by atoms with E-state index in [-0.39, 0.29) is 11.4 Å². The second-order valence-electron chi connectivity index (χ2n) is 7.05. The van der Waals surface area contributed by atoms with E-state index in [0.717, 1.165) is 24.7 Å². The molecule has 0 N–H and O–H groups in total. The first-order valence-electron chi connectivity index (χ1n) is 8.24. The van der Waals surface area contributed by atoms with Gasteiger partial charge < -0.3 is 9.80 Å². The van der Waals surface area contributed by atoms with E-state index in [9.17, 15) is 4.79 Å². The smallest absolute Gasteiger partial charge is 0.257 e. The molecule has 2 aromatic rings. The summed E-state index contributed by atoms with van der Waals surface area (Å²) in [6, 6.07) is 1.80. The van der Waals surface area contributed by atoms with E-state index in [4.69, 9.17) is 0 Å². The van der Waals surface area contributed by atoms with E-state index in [1.807, 2.05) is 16.5 Å². The van der Waals surface area contributed by atoms with Crippen molar-refractivity contribution >= 4 is 11.9 Å². The van der Waals surface area contributed by atoms with Crippen LogP contribution in [0.4, 0.5) is 5.95 Å². The normalized spacial score (nSPS) is 15.7. The molecule has 1 aliphatic heterocycles. The first kappa shape index (κ1) is 16.4. The number of rotatable bonds is 2. The van der Waals surface area contributed by atoms with Crippen molar-refractivity contribution in [2.24, 2.45) is 0 Å². The maximum Gasteiger partial charge on any atom is 0.257 e. The lowest BCUT2D eigenvalue weighted by atomic mass is 10.1. The van der Waals surface area contributed by atoms with Crippen LogP contribution in [0.25, 0.3) is 0 Å². The van der Waals surface area contributed by atoms with Gasteiger partial charge in [-0.25, -0.2) is 9.97 Å². The first-order valence-corrected chi connectivity index (χ1v) is 8.24. The largest absolute Gasteiger partial charge is 0.337 e. The van der Waals surface area contributed by atoms with Gasteiger partial charge in [0.15, 0.2) is 0 Å². The van der Waals surface area contributed by atoms with E-state index in [1.54, 1.807) is 24.7 Å². The fourth-order valence-corrected chi connectivity index (χ4v) is 3.03. The molecule has 3 heterocycles. The van der Waals surface area contributed by atoms with Crippen molar-refractivity contribution in [1.82, 2.24) is 24.6 Å². The number of anilines is 1. The molecule has 1 fully saturated rings. The zero-order valence-electron chi connectivity index (χ0n) is 14.7. The lowest BCUT2D eigenvalue weighted by molar-refractivity contribution is 0.0745. The second-order valence-corrected chi connectivity index (χ2v) is 7.05. The molecule has 3 rings (SSSR count). The number of hydrogen-bond acceptors (Lipinski definition) is 5. The maximum absolute atomic E-state index is 12.8. The zero-order valence-corrected chi connectivity index (χ0v) is 14.7. The van der Waals surface area contributed by atoms with E-state index in [2.05, 4.69) is 40.7 Å². The van der Waals surface area contributed by atoms with Gasteiger partial charge in [-0.2, -0.15) is 5.10 Å². The van der Waals surface area contributed by atoms with Gasteiger partial charge in [0.25, 0.3) is 5.91 Å². The fraction of sp³-hybridized carbons (Fsp3) is 0.529. The monoisotopic (exact) mass is 328 g/mol. The minimum absolute atomic E-state index is 0.0524. The summed E-state index contributed by atoms with van der Waals surface area (Å²) < 4.78 is 1.91. The molecule has 7 nitrogen and oxygen atoms in total. The summed E-state index contributed by atoms with van der Waals surface area (Å²) in [5.41, 5.74) is 1.47. The van der Waals surface area contributed by atoms with Gasteiger partial charge in [-0.05, 0) is 33.8 Å². The van der Waals surface area contributed by atoms with Gasteiger partial charge in [-0.1, -0.05) is 0 Å². The van der Waals surface area contributed by atoms with Crippen LogP contribution in [0.15, 0.2) is 24.7 Å². The second kappa shape index (κ2) is 6.22. The lowest BCUT2D eigenvalue weighted by Gasteiger charge is -2.34. The molecule has 0 unspecified atom stereocenters. The van der Waals surface area contributed by atoms with Crippen LogP contribution in [-0.4, -0.2) is 56.7 Å². The summed E-state index contributed by atoms with van der Waals surface area (Å²) in [6.07, 6.45) is 5.17. The van der Waals surface area contributed by atoms with Gasteiger partial charge in [0.1, 0.15) is 0 Å². The molecule has 0 radical (unpaired) electrons. The van der Waals surface area contributed by atoms with Crippen molar-refractivity contribution in [3.05, 3.63) is 35.9 Å². The van der Waals surface area contributed by atoms with Crippen LogP contribution in [-0.2, 0) is 5.54 Å². The van der Waals surface area contributed by atoms with Gasteiger partial charge in [0, 0.05) is 44.3 Å². The third-order valence-electron chi connectivity index (χ3n) is 4.28. The van der Waals surface area contributed by atoms with Gasteiger partial charge in [-0.15, -0.1) is 0 Å². The van der Waals surface area contributed by atoms with E-state index in [0.29, 0.717) is 18.7 Å². The molecule has 0 saturated carbocycles. The molecule has 1 amide bonds. The highest BCUT2D eigenvalue weighted by molar-refractivity contribution is 5.95. The molecular weight excluding hydrogens is 304 g/mol. The lowest BCUT2D eigenvalue weighted by Crippen LogP contribution is -2.49. The van der Waals surface area contributed by atoms with E-state index < -0.39 is 0 Å². The predicted octanol–water partition coefficient (Wildman–Crippen LogP) is 1.70. The van der Waals surface area contributed by atoms with E-state index >= 15 is 0 Å². The summed E-state index contributed by atoms with van der Waals surface area (Å²) in [5.74, 6) is 0.776. The molecular formula is C17H24N6O. The first-order chi connectivity index (χ1) is 11.4. The molecule has 2 aromatic heterocycles. The van der Waals surface area contributed by atoms with Crippen LogP contribution in [0.5, 0.6) is 0 Å². The topological polar surface area (TPSA) is 67.2 Å². The number of nitrogens with zero attached hydrogens (tertiary/aromatic N) is 6. The highest BCUT2D eigenvalue weighted by atomic mass is 16.2. The third kappa shape index (κ3) is 3.11. The van der Waals surface area contributed by atoms with Crippen LogP contribution >= 0.6 is 0 Å². The van der Waals surface area contributed by atoms with Crippen LogP contribution in [0, 0.1) is 6.92 Å². The summed E-state index contributed by atoms with van der Waals surface area (Å²) in [4.78, 5) is 25.4. The van der Waals surface area contributed by atoms with Crippen LogP contribution in [0.3, 0.4) is 0 Å². The van der Waals surface area contributed by atoms with Crippen LogP contribution in [0.1, 0.15) is 36.8 Å². The Morgan fingerprint density at radius 2 is 1.71 bits per heavy atom. The Morgan fingerprint density at radius 1 is 1.08 bits per heavy atom. The SMILES string of the molecule is Cc1c(C(=O)N2CCN(c3ncccn3)CC2)cnn1C(C)(C)C. The van der Waals surface area contributed by atoms with Crippen molar-refractivity contribution in [3.8, 4) is 0 Å². The van der Waals surface area contributed by atoms with Gasteiger partial charge >= 0.3 is 0 Å². The predicted molar refractivity (Wildman–Crippen MR) is 92.1 cm³/mol. The zero-order chi connectivity index (χ0) is 17.3. The van der Waals surface area contributed by atoms with Crippen molar-refractivity contribution in [2.45, 2.75) is 33.2 Å². The molecule has 0 aliphatic carbocycles. The number of carbonyl (C=O) groups excluding carboxylic acids is 1. The Bertz CT molecular complexity index is 710. The fourth-order valence-electron chi connectivity index (χ4n) is 3.03. The maximum atomic E-state index is 12.8. The average molecular weight is 328 g/mol. The standard InChI is InChI=1S/C17H24N6O/c1-13-14(12-20-23(13)17(2,3)4)15(24)21-8-10-22(11-9-21)16-18-6-5-7-19-16/h5-7,12H,8-11H2,1-4H3. The van der Waals surface area contributed by atoms with Crippen molar-refractivity contribution in [3.63, 3.8) is 0 Å². The summed E-state index contributed by atoms with van der Waals surface area (Å²) in [7, 11) is 0. The third-order valence-corrected chi connectivity index (χ3v) is 4.28. The Balaban J connectivity index is 1.69. The van der Waals surface area contributed by atoms with Crippen LogP contribution in [0.2, 0.25) is 0 Å². The molecule has 24 heavy (non-hydrogen) atoms. The highest BCUT2D eigenvalue weighted by Gasteiger charge is 2.27. The quantitative estimate of drug-likeness (QED) is 0.839. The summed E-state index contributed by atoms with van der Waals surface area (Å²) in [6.45, 7) is 11.0. The van der Waals surface area contributed by atoms with Gasteiger partial charge in [0.05, 0.1) is 17.3 Å². The number of hydrogen-bond donors (Lipinski definition) is 0. The molecule has 7 heteroatoms. The molecule has 128 valence electrons. The number of aromatic nitrogens is 4. The molecule has 1 saturated heterocycles. The Hall–Kier alpha value is -2.44. The summed E-state index contributed by atoms with van der Waals surface area (Å²) >= 11 is 0. The molecule has 1 aliphatic rings. The van der Waals surface area contributed by atoms with E-state index in [1.165, 1.54) is 0 Å². The Kier molecular flexibility index (Phi) is 4.26. The number of amides is 1.